The number of nitrogens with zero attached hydrogens (tertiary/aromatic N) is 2. The van der Waals surface area contributed by atoms with Gasteiger partial charge in [-0.05, 0) is 14.0 Å². The van der Waals surface area contributed by atoms with Crippen LogP contribution in [0.2, 0.25) is 0 Å². The summed E-state index contributed by atoms with van der Waals surface area (Å²) in [6.45, 7) is 2.79. The summed E-state index contributed by atoms with van der Waals surface area (Å²) in [4.78, 5) is 18.0. The van der Waals surface area contributed by atoms with Crippen LogP contribution in [0.3, 0.4) is 0 Å². The molecule has 0 saturated carbocycles. The molecule has 0 bridgehead atoms. The summed E-state index contributed by atoms with van der Waals surface area (Å²) in [6.07, 6.45) is 0. The summed E-state index contributed by atoms with van der Waals surface area (Å²) in [5.74, 6) is -0.129. The summed E-state index contributed by atoms with van der Waals surface area (Å²) in [5, 5.41) is 14.1. The highest BCUT2D eigenvalue weighted by Gasteiger charge is 2.10. The van der Waals surface area contributed by atoms with Gasteiger partial charge in [-0.3, -0.25) is 9.69 Å². The molecule has 0 aliphatic rings. The number of carbonyl (C=O) groups is 1. The number of amides is 1. The molecule has 21 heavy (non-hydrogen) atoms. The van der Waals surface area contributed by atoms with Crippen LogP contribution in [0.1, 0.15) is 5.56 Å². The standard InChI is InChI=1S/C15H19N3O2S/c1-11-3-5-12(6-4-11)13-10-21-15(16-13)17-14(20)9-18(2)7-8-19/h3-6,10,19H,7-9H2,1-2H3,(H,16,17,20). The number of rotatable bonds is 6. The number of aliphatic hydroxyl groups excluding tert-OH is 1. The molecule has 112 valence electrons. The maximum Gasteiger partial charge on any atom is 0.240 e. The number of hydrogen-bond acceptors (Lipinski definition) is 5. The monoisotopic (exact) mass is 305 g/mol. The van der Waals surface area contributed by atoms with Gasteiger partial charge in [0, 0.05) is 17.5 Å². The summed E-state index contributed by atoms with van der Waals surface area (Å²) in [6, 6.07) is 8.11. The van der Waals surface area contributed by atoms with Crippen LogP contribution in [0.5, 0.6) is 0 Å². The Labute approximate surface area is 128 Å². The highest BCUT2D eigenvalue weighted by molar-refractivity contribution is 7.14. The summed E-state index contributed by atoms with van der Waals surface area (Å²) in [5.41, 5.74) is 3.10. The molecular formula is C15H19N3O2S. The first-order chi connectivity index (χ1) is 10.1. The molecule has 5 nitrogen and oxygen atoms in total. The Morgan fingerprint density at radius 3 is 2.76 bits per heavy atom. The molecular weight excluding hydrogens is 286 g/mol. The van der Waals surface area contributed by atoms with E-state index >= 15 is 0 Å². The largest absolute Gasteiger partial charge is 0.395 e. The fourth-order valence-corrected chi connectivity index (χ4v) is 2.58. The Morgan fingerprint density at radius 2 is 2.10 bits per heavy atom. The van der Waals surface area contributed by atoms with Gasteiger partial charge in [0.15, 0.2) is 5.13 Å². The molecule has 2 aromatic rings. The number of thiazole rings is 1. The van der Waals surface area contributed by atoms with E-state index in [1.807, 2.05) is 36.6 Å². The lowest BCUT2D eigenvalue weighted by Crippen LogP contribution is -2.32. The molecule has 1 heterocycles. The van der Waals surface area contributed by atoms with E-state index in [2.05, 4.69) is 10.3 Å². The van der Waals surface area contributed by atoms with E-state index in [0.29, 0.717) is 11.7 Å². The lowest BCUT2D eigenvalue weighted by Gasteiger charge is -2.13. The van der Waals surface area contributed by atoms with Crippen LogP contribution in [0.15, 0.2) is 29.6 Å². The minimum Gasteiger partial charge on any atom is -0.395 e. The quantitative estimate of drug-likeness (QED) is 0.856. The Kier molecular flexibility index (Phi) is 5.44. The normalized spacial score (nSPS) is 10.9. The lowest BCUT2D eigenvalue weighted by molar-refractivity contribution is -0.117. The van der Waals surface area contributed by atoms with Crippen LogP contribution in [-0.2, 0) is 4.79 Å². The average molecular weight is 305 g/mol. The number of aromatic nitrogens is 1. The maximum absolute atomic E-state index is 11.8. The Bertz CT molecular complexity index is 595. The van der Waals surface area contributed by atoms with Crippen molar-refractivity contribution in [2.45, 2.75) is 6.92 Å². The number of aliphatic hydroxyl groups is 1. The second kappa shape index (κ2) is 7.31. The first kappa shape index (κ1) is 15.6. The van der Waals surface area contributed by atoms with Gasteiger partial charge in [0.25, 0.3) is 0 Å². The van der Waals surface area contributed by atoms with Gasteiger partial charge in [-0.2, -0.15) is 0 Å². The average Bonchev–Trinajstić information content (AvgIpc) is 2.88. The number of carbonyl (C=O) groups excluding carboxylic acids is 1. The van der Waals surface area contributed by atoms with E-state index in [0.717, 1.165) is 11.3 Å². The second-order valence-electron chi connectivity index (χ2n) is 4.91. The van der Waals surface area contributed by atoms with Crippen molar-refractivity contribution in [2.24, 2.45) is 0 Å². The van der Waals surface area contributed by atoms with Crippen LogP contribution < -0.4 is 5.32 Å². The molecule has 0 unspecified atom stereocenters. The predicted molar refractivity (Wildman–Crippen MR) is 85.5 cm³/mol. The lowest BCUT2D eigenvalue weighted by atomic mass is 10.1. The van der Waals surface area contributed by atoms with Gasteiger partial charge in [0.1, 0.15) is 0 Å². The molecule has 1 aromatic carbocycles. The van der Waals surface area contributed by atoms with Crippen molar-refractivity contribution in [3.63, 3.8) is 0 Å². The van der Waals surface area contributed by atoms with Crippen LogP contribution in [0.4, 0.5) is 5.13 Å². The molecule has 0 radical (unpaired) electrons. The molecule has 0 aliphatic carbocycles. The van der Waals surface area contributed by atoms with Crippen LogP contribution in [0, 0.1) is 6.92 Å². The van der Waals surface area contributed by atoms with E-state index in [4.69, 9.17) is 5.11 Å². The number of nitrogens with one attached hydrogen (secondary N) is 1. The summed E-state index contributed by atoms with van der Waals surface area (Å²) < 4.78 is 0. The first-order valence-corrected chi connectivity index (χ1v) is 7.58. The van der Waals surface area contributed by atoms with Gasteiger partial charge in [0.05, 0.1) is 18.8 Å². The van der Waals surface area contributed by atoms with Gasteiger partial charge >= 0.3 is 0 Å². The molecule has 0 fully saturated rings. The van der Waals surface area contributed by atoms with Gasteiger partial charge in [-0.1, -0.05) is 29.8 Å². The number of benzene rings is 1. The SMILES string of the molecule is Cc1ccc(-c2csc(NC(=O)CN(C)CCO)n2)cc1. The van der Waals surface area contributed by atoms with E-state index in [1.165, 1.54) is 16.9 Å². The van der Waals surface area contributed by atoms with Crippen LogP contribution in [-0.4, -0.2) is 47.6 Å². The summed E-state index contributed by atoms with van der Waals surface area (Å²) >= 11 is 1.41. The molecule has 0 spiro atoms. The zero-order chi connectivity index (χ0) is 15.2. The summed E-state index contributed by atoms with van der Waals surface area (Å²) in [7, 11) is 1.79. The van der Waals surface area contributed by atoms with Crippen molar-refractivity contribution in [1.82, 2.24) is 9.88 Å². The van der Waals surface area contributed by atoms with E-state index < -0.39 is 0 Å². The van der Waals surface area contributed by atoms with Crippen molar-refractivity contribution in [1.29, 1.82) is 0 Å². The maximum atomic E-state index is 11.8. The van der Waals surface area contributed by atoms with Gasteiger partial charge in [0.2, 0.25) is 5.91 Å². The highest BCUT2D eigenvalue weighted by Crippen LogP contribution is 2.24. The molecule has 1 amide bonds. The molecule has 2 N–H and O–H groups in total. The highest BCUT2D eigenvalue weighted by atomic mass is 32.1. The molecule has 6 heteroatoms. The van der Waals surface area contributed by atoms with E-state index in [1.54, 1.807) is 11.9 Å². The second-order valence-corrected chi connectivity index (χ2v) is 5.77. The molecule has 0 aliphatic heterocycles. The van der Waals surface area contributed by atoms with Gasteiger partial charge in [-0.15, -0.1) is 11.3 Å². The number of likely N-dealkylation sites (N-methyl/N-ethyl adjacent to an activating group) is 1. The van der Waals surface area contributed by atoms with Crippen molar-refractivity contribution in [3.8, 4) is 11.3 Å². The third-order valence-corrected chi connectivity index (χ3v) is 3.75. The first-order valence-electron chi connectivity index (χ1n) is 6.70. The smallest absolute Gasteiger partial charge is 0.240 e. The molecule has 2 rings (SSSR count). The Hall–Kier alpha value is -1.76. The molecule has 1 aromatic heterocycles. The third kappa shape index (κ3) is 4.63. The fraction of sp³-hybridized carbons (Fsp3) is 0.333. The van der Waals surface area contributed by atoms with Crippen LogP contribution >= 0.6 is 11.3 Å². The Balaban J connectivity index is 1.97. The van der Waals surface area contributed by atoms with Crippen molar-refractivity contribution in [2.75, 3.05) is 32.1 Å². The zero-order valence-electron chi connectivity index (χ0n) is 12.2. The fourth-order valence-electron chi connectivity index (χ4n) is 1.84. The number of hydrogen-bond donors (Lipinski definition) is 2. The number of aryl methyl sites for hydroxylation is 1. The van der Waals surface area contributed by atoms with E-state index in [-0.39, 0.29) is 19.1 Å². The molecule has 0 atom stereocenters. The van der Waals surface area contributed by atoms with E-state index in [9.17, 15) is 4.79 Å². The molecule has 0 saturated heterocycles. The van der Waals surface area contributed by atoms with Gasteiger partial charge in [-0.25, -0.2) is 4.98 Å². The predicted octanol–water partition coefficient (Wildman–Crippen LogP) is 1.98. The zero-order valence-corrected chi connectivity index (χ0v) is 13.0. The van der Waals surface area contributed by atoms with Gasteiger partial charge < -0.3 is 10.4 Å². The van der Waals surface area contributed by atoms with Crippen molar-refractivity contribution >= 4 is 22.4 Å². The van der Waals surface area contributed by atoms with Crippen LogP contribution in [0.25, 0.3) is 11.3 Å². The topological polar surface area (TPSA) is 65.5 Å². The minimum absolute atomic E-state index is 0.0403. The van der Waals surface area contributed by atoms with Crippen molar-refractivity contribution < 1.29 is 9.90 Å². The third-order valence-electron chi connectivity index (χ3n) is 2.99. The Morgan fingerprint density at radius 1 is 1.38 bits per heavy atom. The minimum atomic E-state index is -0.129. The van der Waals surface area contributed by atoms with Crippen molar-refractivity contribution in [3.05, 3.63) is 35.2 Å². The number of anilines is 1.